The lowest BCUT2D eigenvalue weighted by Gasteiger charge is -2.05. The van der Waals surface area contributed by atoms with E-state index in [0.717, 1.165) is 27.8 Å². The maximum Gasteiger partial charge on any atom is 0.0730 e. The molecule has 0 saturated carbocycles. The summed E-state index contributed by atoms with van der Waals surface area (Å²) in [5.41, 5.74) is 4.26. The fourth-order valence-electron chi connectivity index (χ4n) is 2.04. The fraction of sp³-hybridized carbons (Fsp3) is 0.0625. The third-order valence-electron chi connectivity index (χ3n) is 3.05. The second-order valence-corrected chi connectivity index (χ2v) is 4.22. The van der Waals surface area contributed by atoms with Crippen LogP contribution in [0.2, 0.25) is 0 Å². The first-order chi connectivity index (χ1) is 8.86. The van der Waals surface area contributed by atoms with Gasteiger partial charge in [0, 0.05) is 23.7 Å². The molecule has 0 aliphatic rings. The molecule has 0 bridgehead atoms. The summed E-state index contributed by atoms with van der Waals surface area (Å²) in [5.74, 6) is 0. The van der Waals surface area contributed by atoms with Crippen LogP contribution in [0.15, 0.2) is 60.7 Å². The van der Waals surface area contributed by atoms with Gasteiger partial charge in [0.2, 0.25) is 0 Å². The molecular formula is C16H14N2. The number of nitrogens with zero attached hydrogens (tertiary/aromatic N) is 1. The van der Waals surface area contributed by atoms with Crippen LogP contribution in [-0.4, -0.2) is 12.0 Å². The lowest BCUT2D eigenvalue weighted by atomic mass is 10.1. The van der Waals surface area contributed by atoms with E-state index in [1.165, 1.54) is 0 Å². The van der Waals surface area contributed by atoms with Gasteiger partial charge in [-0.05, 0) is 18.2 Å². The first kappa shape index (κ1) is 10.8. The summed E-state index contributed by atoms with van der Waals surface area (Å²) in [6.45, 7) is 0. The summed E-state index contributed by atoms with van der Waals surface area (Å²) in [5, 5.41) is 4.30. The van der Waals surface area contributed by atoms with Crippen LogP contribution >= 0.6 is 0 Å². The zero-order valence-corrected chi connectivity index (χ0v) is 10.2. The molecule has 3 rings (SSSR count). The van der Waals surface area contributed by atoms with Crippen molar-refractivity contribution in [3.8, 4) is 11.3 Å². The Balaban J connectivity index is 2.15. The molecule has 0 fully saturated rings. The van der Waals surface area contributed by atoms with E-state index in [9.17, 15) is 0 Å². The van der Waals surface area contributed by atoms with Gasteiger partial charge in [0.25, 0.3) is 0 Å². The van der Waals surface area contributed by atoms with Crippen LogP contribution in [0.5, 0.6) is 0 Å². The summed E-state index contributed by atoms with van der Waals surface area (Å²) >= 11 is 0. The van der Waals surface area contributed by atoms with Crippen molar-refractivity contribution in [2.75, 3.05) is 12.4 Å². The summed E-state index contributed by atoms with van der Waals surface area (Å²) < 4.78 is 0. The predicted molar refractivity (Wildman–Crippen MR) is 76.7 cm³/mol. The Hall–Kier alpha value is -2.35. The molecule has 0 aliphatic heterocycles. The van der Waals surface area contributed by atoms with Gasteiger partial charge >= 0.3 is 0 Å². The van der Waals surface area contributed by atoms with E-state index in [1.807, 2.05) is 25.2 Å². The molecule has 2 nitrogen and oxygen atoms in total. The van der Waals surface area contributed by atoms with Crippen molar-refractivity contribution in [3.63, 3.8) is 0 Å². The zero-order chi connectivity index (χ0) is 12.4. The van der Waals surface area contributed by atoms with Gasteiger partial charge in [0.1, 0.15) is 0 Å². The number of pyridine rings is 1. The largest absolute Gasteiger partial charge is 0.388 e. The highest BCUT2D eigenvalue weighted by Gasteiger charge is 2.01. The summed E-state index contributed by atoms with van der Waals surface area (Å²) in [4.78, 5) is 4.71. The van der Waals surface area contributed by atoms with Crippen LogP contribution in [0.1, 0.15) is 0 Å². The molecule has 0 saturated heterocycles. The minimum absolute atomic E-state index is 1.01. The van der Waals surface area contributed by atoms with Gasteiger partial charge in [-0.1, -0.05) is 42.5 Å². The van der Waals surface area contributed by atoms with Crippen molar-refractivity contribution in [1.29, 1.82) is 0 Å². The molecule has 18 heavy (non-hydrogen) atoms. The number of anilines is 1. The smallest absolute Gasteiger partial charge is 0.0730 e. The van der Waals surface area contributed by atoms with Crippen LogP contribution in [-0.2, 0) is 0 Å². The van der Waals surface area contributed by atoms with Gasteiger partial charge in [0.15, 0.2) is 0 Å². The van der Waals surface area contributed by atoms with Crippen molar-refractivity contribution in [3.05, 3.63) is 60.7 Å². The van der Waals surface area contributed by atoms with Gasteiger partial charge < -0.3 is 5.32 Å². The zero-order valence-electron chi connectivity index (χ0n) is 10.2. The molecule has 0 spiro atoms. The molecule has 88 valence electrons. The Labute approximate surface area is 106 Å². The lowest BCUT2D eigenvalue weighted by molar-refractivity contribution is 1.39. The molecule has 0 unspecified atom stereocenters. The van der Waals surface area contributed by atoms with E-state index in [0.29, 0.717) is 0 Å². The summed E-state index contributed by atoms with van der Waals surface area (Å²) in [6, 6.07) is 20.6. The number of nitrogens with one attached hydrogen (secondary N) is 1. The monoisotopic (exact) mass is 234 g/mol. The number of aromatic nitrogens is 1. The molecule has 0 aliphatic carbocycles. The fourth-order valence-corrected chi connectivity index (χ4v) is 2.04. The van der Waals surface area contributed by atoms with Crippen molar-refractivity contribution in [2.24, 2.45) is 0 Å². The Morgan fingerprint density at radius 1 is 0.889 bits per heavy atom. The Bertz CT molecular complexity index is 675. The molecule has 3 aromatic rings. The van der Waals surface area contributed by atoms with Crippen molar-refractivity contribution in [2.45, 2.75) is 0 Å². The van der Waals surface area contributed by atoms with Gasteiger partial charge in [-0.15, -0.1) is 0 Å². The van der Waals surface area contributed by atoms with Crippen molar-refractivity contribution >= 4 is 16.6 Å². The second kappa shape index (κ2) is 4.49. The predicted octanol–water partition coefficient (Wildman–Crippen LogP) is 3.94. The topological polar surface area (TPSA) is 24.9 Å². The van der Waals surface area contributed by atoms with Crippen LogP contribution in [0.3, 0.4) is 0 Å². The molecule has 0 radical (unpaired) electrons. The third kappa shape index (κ3) is 1.93. The SMILES string of the molecule is CNc1ccc2ccc(-c3ccccc3)nc2c1. The van der Waals surface area contributed by atoms with E-state index < -0.39 is 0 Å². The van der Waals surface area contributed by atoms with Crippen LogP contribution in [0, 0.1) is 0 Å². The number of hydrogen-bond acceptors (Lipinski definition) is 2. The highest BCUT2D eigenvalue weighted by Crippen LogP contribution is 2.22. The molecule has 0 atom stereocenters. The minimum atomic E-state index is 1.01. The van der Waals surface area contributed by atoms with Crippen LogP contribution < -0.4 is 5.32 Å². The minimum Gasteiger partial charge on any atom is -0.388 e. The molecule has 2 aromatic carbocycles. The highest BCUT2D eigenvalue weighted by molar-refractivity contribution is 5.84. The molecule has 2 heteroatoms. The Morgan fingerprint density at radius 3 is 2.44 bits per heavy atom. The number of fused-ring (bicyclic) bond motifs is 1. The number of benzene rings is 2. The van der Waals surface area contributed by atoms with E-state index in [1.54, 1.807) is 0 Å². The van der Waals surface area contributed by atoms with E-state index in [-0.39, 0.29) is 0 Å². The average molecular weight is 234 g/mol. The molecule has 1 aromatic heterocycles. The maximum atomic E-state index is 4.71. The first-order valence-corrected chi connectivity index (χ1v) is 6.01. The highest BCUT2D eigenvalue weighted by atomic mass is 14.8. The van der Waals surface area contributed by atoms with E-state index >= 15 is 0 Å². The second-order valence-electron chi connectivity index (χ2n) is 4.22. The number of hydrogen-bond donors (Lipinski definition) is 1. The normalized spacial score (nSPS) is 10.5. The lowest BCUT2D eigenvalue weighted by Crippen LogP contribution is -1.89. The molecule has 1 N–H and O–H groups in total. The standard InChI is InChI=1S/C16H14N2/c1-17-14-9-7-13-8-10-15(18-16(13)11-14)12-5-3-2-4-6-12/h2-11,17H,1H3. The van der Waals surface area contributed by atoms with Crippen LogP contribution in [0.25, 0.3) is 22.2 Å². The van der Waals surface area contributed by atoms with Crippen LogP contribution in [0.4, 0.5) is 5.69 Å². The summed E-state index contributed by atoms with van der Waals surface area (Å²) in [6.07, 6.45) is 0. The number of rotatable bonds is 2. The van der Waals surface area contributed by atoms with E-state index in [4.69, 9.17) is 4.98 Å². The molecular weight excluding hydrogens is 220 g/mol. The van der Waals surface area contributed by atoms with Gasteiger partial charge in [-0.2, -0.15) is 0 Å². The van der Waals surface area contributed by atoms with Crippen molar-refractivity contribution in [1.82, 2.24) is 4.98 Å². The van der Waals surface area contributed by atoms with Gasteiger partial charge in [-0.25, -0.2) is 4.98 Å². The quantitative estimate of drug-likeness (QED) is 0.726. The maximum absolute atomic E-state index is 4.71. The van der Waals surface area contributed by atoms with Crippen molar-refractivity contribution < 1.29 is 0 Å². The first-order valence-electron chi connectivity index (χ1n) is 6.01. The average Bonchev–Trinajstić information content (AvgIpc) is 2.47. The van der Waals surface area contributed by atoms with Gasteiger partial charge in [0.05, 0.1) is 11.2 Å². The van der Waals surface area contributed by atoms with Gasteiger partial charge in [-0.3, -0.25) is 0 Å². The Kier molecular flexibility index (Phi) is 2.69. The molecule has 1 heterocycles. The Morgan fingerprint density at radius 2 is 1.67 bits per heavy atom. The molecule has 0 amide bonds. The third-order valence-corrected chi connectivity index (χ3v) is 3.05. The van der Waals surface area contributed by atoms with E-state index in [2.05, 4.69) is 47.8 Å². The summed E-state index contributed by atoms with van der Waals surface area (Å²) in [7, 11) is 1.92.